The molecular weight excluding hydrogens is 250 g/mol. The van der Waals surface area contributed by atoms with Gasteiger partial charge in [-0.2, -0.15) is 5.10 Å². The molecule has 3 aromatic rings. The van der Waals surface area contributed by atoms with Gasteiger partial charge in [0.15, 0.2) is 5.82 Å². The number of hydrogen-bond donors (Lipinski definition) is 3. The van der Waals surface area contributed by atoms with Crippen molar-refractivity contribution in [3.8, 4) is 0 Å². The van der Waals surface area contributed by atoms with Crippen molar-refractivity contribution in [1.82, 2.24) is 20.2 Å². The molecule has 0 aliphatic carbocycles. The van der Waals surface area contributed by atoms with Crippen LogP contribution < -0.4 is 5.32 Å². The van der Waals surface area contributed by atoms with Crippen molar-refractivity contribution in [2.24, 2.45) is 0 Å². The van der Waals surface area contributed by atoms with E-state index in [-0.39, 0.29) is 0 Å². The van der Waals surface area contributed by atoms with Gasteiger partial charge in [-0.25, -0.2) is 4.98 Å². The lowest BCUT2D eigenvalue weighted by atomic mass is 10.0. The minimum Gasteiger partial charge on any atom is -0.346 e. The van der Waals surface area contributed by atoms with Crippen molar-refractivity contribution < 1.29 is 0 Å². The van der Waals surface area contributed by atoms with Crippen LogP contribution in [0.15, 0.2) is 24.5 Å². The van der Waals surface area contributed by atoms with Crippen LogP contribution in [-0.2, 0) is 6.42 Å². The number of hydrogen-bond acceptors (Lipinski definition) is 3. The standard InChI is InChI=1S/C15H19N5/c1-4-11-13(9(2)3)15(20-19-11)18-12-6-8-17-14-10(12)5-7-16-14/h5-9H,4H2,1-3H3,(H3,16,17,18,19,20). The molecule has 3 aromatic heterocycles. The molecule has 0 atom stereocenters. The molecule has 0 spiro atoms. The van der Waals surface area contributed by atoms with Gasteiger partial charge in [0.05, 0.1) is 5.69 Å². The van der Waals surface area contributed by atoms with Gasteiger partial charge in [0, 0.05) is 29.0 Å². The number of rotatable bonds is 4. The number of pyridine rings is 1. The summed E-state index contributed by atoms with van der Waals surface area (Å²) in [6.07, 6.45) is 4.65. The van der Waals surface area contributed by atoms with Gasteiger partial charge in [0.1, 0.15) is 5.65 Å². The fraction of sp³-hybridized carbons (Fsp3) is 0.333. The van der Waals surface area contributed by atoms with Crippen LogP contribution in [0.4, 0.5) is 11.5 Å². The van der Waals surface area contributed by atoms with Crippen LogP contribution in [0, 0.1) is 0 Å². The van der Waals surface area contributed by atoms with E-state index in [1.807, 2.05) is 18.3 Å². The number of aryl methyl sites for hydroxylation is 1. The van der Waals surface area contributed by atoms with E-state index in [2.05, 4.69) is 46.3 Å². The van der Waals surface area contributed by atoms with Crippen molar-refractivity contribution in [2.45, 2.75) is 33.1 Å². The summed E-state index contributed by atoms with van der Waals surface area (Å²) in [5.74, 6) is 1.33. The second-order valence-corrected chi connectivity index (χ2v) is 5.20. The Morgan fingerprint density at radius 3 is 2.90 bits per heavy atom. The number of fused-ring (bicyclic) bond motifs is 1. The second kappa shape index (κ2) is 5.00. The monoisotopic (exact) mass is 269 g/mol. The van der Waals surface area contributed by atoms with E-state index >= 15 is 0 Å². The normalized spacial score (nSPS) is 11.4. The zero-order chi connectivity index (χ0) is 14.1. The maximum atomic E-state index is 4.43. The molecule has 0 fully saturated rings. The van der Waals surface area contributed by atoms with Gasteiger partial charge in [-0.3, -0.25) is 5.10 Å². The molecule has 0 aromatic carbocycles. The fourth-order valence-corrected chi connectivity index (χ4v) is 2.57. The minimum atomic E-state index is 0.426. The second-order valence-electron chi connectivity index (χ2n) is 5.20. The van der Waals surface area contributed by atoms with Gasteiger partial charge < -0.3 is 10.3 Å². The van der Waals surface area contributed by atoms with Gasteiger partial charge in [-0.05, 0) is 24.5 Å². The van der Waals surface area contributed by atoms with E-state index < -0.39 is 0 Å². The van der Waals surface area contributed by atoms with Crippen molar-refractivity contribution >= 4 is 22.5 Å². The molecule has 20 heavy (non-hydrogen) atoms. The average Bonchev–Trinajstić information content (AvgIpc) is 3.04. The highest BCUT2D eigenvalue weighted by atomic mass is 15.2. The molecule has 3 N–H and O–H groups in total. The van der Waals surface area contributed by atoms with Crippen molar-refractivity contribution in [3.05, 3.63) is 35.8 Å². The highest BCUT2D eigenvalue weighted by Gasteiger charge is 2.16. The van der Waals surface area contributed by atoms with E-state index in [1.54, 1.807) is 6.20 Å². The molecule has 5 heteroatoms. The molecule has 3 rings (SSSR count). The van der Waals surface area contributed by atoms with E-state index in [1.165, 1.54) is 11.3 Å². The lowest BCUT2D eigenvalue weighted by molar-refractivity contribution is 0.842. The smallest absolute Gasteiger partial charge is 0.155 e. The summed E-state index contributed by atoms with van der Waals surface area (Å²) in [7, 11) is 0. The summed E-state index contributed by atoms with van der Waals surface area (Å²) in [6.45, 7) is 6.52. The van der Waals surface area contributed by atoms with Gasteiger partial charge in [-0.15, -0.1) is 0 Å². The molecule has 0 bridgehead atoms. The van der Waals surface area contributed by atoms with E-state index in [9.17, 15) is 0 Å². The third-order valence-electron chi connectivity index (χ3n) is 3.53. The number of aromatic nitrogens is 4. The SMILES string of the molecule is CCc1[nH]nc(Nc2ccnc3[nH]ccc23)c1C(C)C. The Morgan fingerprint density at radius 2 is 2.15 bits per heavy atom. The molecule has 0 saturated carbocycles. The first-order valence-corrected chi connectivity index (χ1v) is 6.97. The summed E-state index contributed by atoms with van der Waals surface area (Å²) >= 11 is 0. The summed E-state index contributed by atoms with van der Waals surface area (Å²) in [5.41, 5.74) is 4.36. The Kier molecular flexibility index (Phi) is 3.18. The van der Waals surface area contributed by atoms with Crippen LogP contribution in [0.25, 0.3) is 11.0 Å². The summed E-state index contributed by atoms with van der Waals surface area (Å²) in [4.78, 5) is 7.42. The van der Waals surface area contributed by atoms with E-state index in [0.717, 1.165) is 29.0 Å². The fourth-order valence-electron chi connectivity index (χ4n) is 2.57. The Bertz CT molecular complexity index is 723. The van der Waals surface area contributed by atoms with Crippen molar-refractivity contribution in [3.63, 3.8) is 0 Å². The first kappa shape index (κ1) is 12.7. The summed E-state index contributed by atoms with van der Waals surface area (Å²) in [5, 5.41) is 12.1. The predicted molar refractivity (Wildman–Crippen MR) is 81.4 cm³/mol. The molecule has 0 aliphatic rings. The van der Waals surface area contributed by atoms with Crippen molar-refractivity contribution in [1.29, 1.82) is 0 Å². The quantitative estimate of drug-likeness (QED) is 0.676. The first-order chi connectivity index (χ1) is 9.70. The lowest BCUT2D eigenvalue weighted by Gasteiger charge is -2.10. The van der Waals surface area contributed by atoms with E-state index in [4.69, 9.17) is 0 Å². The average molecular weight is 269 g/mol. The third kappa shape index (κ3) is 2.05. The highest BCUT2D eigenvalue weighted by Crippen LogP contribution is 2.30. The predicted octanol–water partition coefficient (Wildman–Crippen LogP) is 3.72. The van der Waals surface area contributed by atoms with Gasteiger partial charge in [0.2, 0.25) is 0 Å². The Labute approximate surface area is 117 Å². The zero-order valence-electron chi connectivity index (χ0n) is 12.0. The van der Waals surface area contributed by atoms with Crippen LogP contribution in [0.5, 0.6) is 0 Å². The maximum absolute atomic E-state index is 4.43. The number of nitrogens with one attached hydrogen (secondary N) is 3. The Morgan fingerprint density at radius 1 is 1.30 bits per heavy atom. The number of aromatic amines is 2. The highest BCUT2D eigenvalue weighted by molar-refractivity contribution is 5.91. The molecule has 0 radical (unpaired) electrons. The maximum Gasteiger partial charge on any atom is 0.155 e. The van der Waals surface area contributed by atoms with Gasteiger partial charge in [-0.1, -0.05) is 20.8 Å². The molecule has 5 nitrogen and oxygen atoms in total. The van der Waals surface area contributed by atoms with Crippen molar-refractivity contribution in [2.75, 3.05) is 5.32 Å². The molecule has 104 valence electrons. The lowest BCUT2D eigenvalue weighted by Crippen LogP contribution is -1.99. The minimum absolute atomic E-state index is 0.426. The largest absolute Gasteiger partial charge is 0.346 e. The molecule has 0 saturated heterocycles. The van der Waals surface area contributed by atoms with Gasteiger partial charge >= 0.3 is 0 Å². The first-order valence-electron chi connectivity index (χ1n) is 6.97. The zero-order valence-corrected chi connectivity index (χ0v) is 12.0. The molecule has 0 unspecified atom stereocenters. The van der Waals surface area contributed by atoms with Crippen LogP contribution in [-0.4, -0.2) is 20.2 Å². The number of nitrogens with zero attached hydrogens (tertiary/aromatic N) is 2. The van der Waals surface area contributed by atoms with Crippen LogP contribution in [0.3, 0.4) is 0 Å². The molecule has 0 amide bonds. The summed E-state index contributed by atoms with van der Waals surface area (Å²) in [6, 6.07) is 3.99. The molecule has 0 aliphatic heterocycles. The van der Waals surface area contributed by atoms with Crippen LogP contribution in [0.1, 0.15) is 37.9 Å². The Balaban J connectivity index is 2.03. The molecule has 3 heterocycles. The van der Waals surface area contributed by atoms with E-state index in [0.29, 0.717) is 5.92 Å². The topological polar surface area (TPSA) is 69.4 Å². The van der Waals surface area contributed by atoms with Gasteiger partial charge in [0.25, 0.3) is 0 Å². The van der Waals surface area contributed by atoms with Crippen LogP contribution in [0.2, 0.25) is 0 Å². The number of anilines is 2. The third-order valence-corrected chi connectivity index (χ3v) is 3.53. The molecular formula is C15H19N5. The summed E-state index contributed by atoms with van der Waals surface area (Å²) < 4.78 is 0. The Hall–Kier alpha value is -2.30. The number of H-pyrrole nitrogens is 2. The van der Waals surface area contributed by atoms with Crippen LogP contribution >= 0.6 is 0 Å².